The molecule has 0 radical (unpaired) electrons. The third kappa shape index (κ3) is 11.0. The molecule has 0 atom stereocenters. The SMILES string of the molecule is Brc1ccc2c(c1)C1(c3ccccc3CCc3ccccc31)c1ccccc1-2.CC1(C)c2ccccc2-c2ccc(Cc3ccc(-c4ccccc4)cc3)cc21.CC1(C)c2ccccc2-c2ccc(N(c3ccc(-c4ccccc4)cc3)c3ccc4c(c3)C3(c5ccccc5CCc5ccccc53)c3ccccc3-4)cc21. The van der Waals surface area contributed by atoms with E-state index in [1.165, 1.54) is 173 Å². The molecular weight excluding hydrogens is 1400 g/mol. The fraction of sp³-hybridized carbons (Fsp3) is 0.119. The lowest BCUT2D eigenvalue weighted by Gasteiger charge is -2.36. The zero-order chi connectivity index (χ0) is 74.6. The van der Waals surface area contributed by atoms with E-state index in [9.17, 15) is 0 Å². The predicted octanol–water partition coefficient (Wildman–Crippen LogP) is 27.8. The molecule has 532 valence electrons. The second-order valence-corrected chi connectivity index (χ2v) is 33.0. The van der Waals surface area contributed by atoms with E-state index in [1.54, 1.807) is 0 Å². The number of hydrogen-bond acceptors (Lipinski definition) is 1. The third-order valence-electron chi connectivity index (χ3n) is 25.5. The first-order chi connectivity index (χ1) is 54.5. The molecule has 0 fully saturated rings. The summed E-state index contributed by atoms with van der Waals surface area (Å²) in [4.78, 5) is 2.49. The minimum absolute atomic E-state index is 0.0686. The van der Waals surface area contributed by atoms with Crippen LogP contribution < -0.4 is 4.90 Å². The second-order valence-electron chi connectivity index (χ2n) is 32.1. The third-order valence-corrected chi connectivity index (χ3v) is 26.0. The Bertz CT molecular complexity index is 6220. The standard InChI is InChI=1S/C54H41N.C28H24.C27H19Br/c1-53(2)49-22-12-8-18-43(49)45-32-30-41(34-51(45)53)55(40-28-26-37(27-29-40)36-14-4-3-5-15-36)42-31-33-46-44-19-9-13-23-50(44)54(52(46)35-42)47-20-10-6-16-38(47)24-25-39-17-7-11-21-48(39)54;1-28(2)26-11-7-6-10-24(26)25-17-14-21(19-27(25)28)18-20-12-15-23(16-13-20)22-8-4-3-5-9-22;28-20-15-16-22-21-9-3-6-12-25(21)27(26(22)17-20)23-10-4-1-7-18(23)13-14-19-8-2-5-11-24(19)27/h3-23,26-35H,24-25H2,1-2H3;3-17,19H,18H2,1-2H3;1-12,15-17H,13-14H2. The van der Waals surface area contributed by atoms with Gasteiger partial charge in [-0.2, -0.15) is 0 Å². The molecule has 6 aliphatic carbocycles. The summed E-state index contributed by atoms with van der Waals surface area (Å²) in [5, 5.41) is 0. The van der Waals surface area contributed by atoms with Crippen LogP contribution in [0.25, 0.3) is 66.8 Å². The monoisotopic (exact) mass is 1490 g/mol. The number of anilines is 3. The van der Waals surface area contributed by atoms with Crippen LogP contribution in [0.4, 0.5) is 17.1 Å². The lowest BCUT2D eigenvalue weighted by molar-refractivity contribution is 0.659. The molecule has 1 nitrogen and oxygen atoms in total. The van der Waals surface area contributed by atoms with E-state index in [-0.39, 0.29) is 16.2 Å². The smallest absolute Gasteiger partial charge is 0.0719 e. The Morgan fingerprint density at radius 3 is 0.955 bits per heavy atom. The lowest BCUT2D eigenvalue weighted by atomic mass is 9.66. The van der Waals surface area contributed by atoms with Crippen molar-refractivity contribution in [3.8, 4) is 66.8 Å². The van der Waals surface area contributed by atoms with E-state index in [0.717, 1.165) is 48.0 Å². The molecule has 2 heteroatoms. The maximum absolute atomic E-state index is 3.76. The van der Waals surface area contributed by atoms with Crippen molar-refractivity contribution in [2.75, 3.05) is 4.90 Å². The predicted molar refractivity (Wildman–Crippen MR) is 466 cm³/mol. The van der Waals surface area contributed by atoms with Crippen LogP contribution in [0.15, 0.2) is 381 Å². The average Bonchev–Trinajstić information content (AvgIpc) is 1.67. The molecule has 111 heavy (non-hydrogen) atoms. The van der Waals surface area contributed by atoms with Gasteiger partial charge in [-0.05, 0) is 248 Å². The Labute approximate surface area is 662 Å². The van der Waals surface area contributed by atoms with Crippen LogP contribution in [-0.2, 0) is 53.8 Å². The van der Waals surface area contributed by atoms with Crippen molar-refractivity contribution in [1.29, 1.82) is 0 Å². The Morgan fingerprint density at radius 1 is 0.225 bits per heavy atom. The summed E-state index contributed by atoms with van der Waals surface area (Å²) >= 11 is 3.76. The Morgan fingerprint density at radius 2 is 0.514 bits per heavy atom. The van der Waals surface area contributed by atoms with Gasteiger partial charge in [-0.15, -0.1) is 0 Å². The van der Waals surface area contributed by atoms with Gasteiger partial charge in [0.15, 0.2) is 0 Å². The van der Waals surface area contributed by atoms with Gasteiger partial charge in [0, 0.05) is 32.4 Å². The fourth-order valence-corrected chi connectivity index (χ4v) is 20.7. The summed E-state index contributed by atoms with van der Waals surface area (Å²) in [6.45, 7) is 9.43. The van der Waals surface area contributed by atoms with Crippen molar-refractivity contribution in [3.05, 3.63) is 481 Å². The molecular formula is C109H84BrN. The van der Waals surface area contributed by atoms with E-state index in [4.69, 9.17) is 0 Å². The van der Waals surface area contributed by atoms with Gasteiger partial charge in [0.2, 0.25) is 0 Å². The Kier molecular flexibility index (Phi) is 16.6. The molecule has 22 rings (SSSR count). The summed E-state index contributed by atoms with van der Waals surface area (Å²) in [7, 11) is 0. The summed E-state index contributed by atoms with van der Waals surface area (Å²) in [5.41, 5.74) is 43.9. The number of hydrogen-bond donors (Lipinski definition) is 0. The molecule has 16 aromatic carbocycles. The Hall–Kier alpha value is -12.2. The first-order valence-corrected chi connectivity index (χ1v) is 40.3. The molecule has 0 N–H and O–H groups in total. The summed E-state index contributed by atoms with van der Waals surface area (Å²) < 4.78 is 1.14. The van der Waals surface area contributed by atoms with E-state index >= 15 is 0 Å². The van der Waals surface area contributed by atoms with Crippen LogP contribution in [0.3, 0.4) is 0 Å². The maximum Gasteiger partial charge on any atom is 0.0719 e. The molecule has 6 aliphatic rings. The molecule has 0 bridgehead atoms. The lowest BCUT2D eigenvalue weighted by Crippen LogP contribution is -2.30. The number of nitrogens with zero attached hydrogens (tertiary/aromatic N) is 1. The van der Waals surface area contributed by atoms with Crippen molar-refractivity contribution < 1.29 is 0 Å². The number of aryl methyl sites for hydroxylation is 4. The van der Waals surface area contributed by atoms with Crippen molar-refractivity contribution in [3.63, 3.8) is 0 Å². The highest BCUT2D eigenvalue weighted by Gasteiger charge is 2.51. The quantitative estimate of drug-likeness (QED) is 0.154. The highest BCUT2D eigenvalue weighted by molar-refractivity contribution is 9.10. The molecule has 0 heterocycles. The van der Waals surface area contributed by atoms with Gasteiger partial charge in [-0.25, -0.2) is 0 Å². The fourth-order valence-electron chi connectivity index (χ4n) is 20.3. The van der Waals surface area contributed by atoms with Gasteiger partial charge in [0.25, 0.3) is 0 Å². The summed E-state index contributed by atoms with van der Waals surface area (Å²) in [6.07, 6.45) is 5.19. The number of rotatable bonds is 7. The highest BCUT2D eigenvalue weighted by Crippen LogP contribution is 2.62. The molecule has 0 saturated carbocycles. The van der Waals surface area contributed by atoms with Gasteiger partial charge in [0.1, 0.15) is 0 Å². The van der Waals surface area contributed by atoms with Gasteiger partial charge in [0.05, 0.1) is 10.8 Å². The molecule has 0 aromatic heterocycles. The average molecular weight is 1490 g/mol. The highest BCUT2D eigenvalue weighted by atomic mass is 79.9. The van der Waals surface area contributed by atoms with Crippen LogP contribution in [0.5, 0.6) is 0 Å². The van der Waals surface area contributed by atoms with Gasteiger partial charge in [-0.1, -0.05) is 371 Å². The minimum atomic E-state index is -0.434. The minimum Gasteiger partial charge on any atom is -0.310 e. The molecule has 0 saturated heterocycles. The van der Waals surface area contributed by atoms with E-state index < -0.39 is 5.41 Å². The van der Waals surface area contributed by atoms with Gasteiger partial charge in [-0.3, -0.25) is 0 Å². The summed E-state index contributed by atoms with van der Waals surface area (Å²) in [5.74, 6) is 0. The normalized spacial score (nSPS) is 14.7. The van der Waals surface area contributed by atoms with Gasteiger partial charge < -0.3 is 4.90 Å². The van der Waals surface area contributed by atoms with Gasteiger partial charge >= 0.3 is 0 Å². The van der Waals surface area contributed by atoms with Crippen LogP contribution in [-0.4, -0.2) is 0 Å². The van der Waals surface area contributed by atoms with Crippen LogP contribution in [0.2, 0.25) is 0 Å². The Balaban J connectivity index is 0.000000120. The number of fused-ring (bicyclic) bond motifs is 24. The molecule has 0 aliphatic heterocycles. The topological polar surface area (TPSA) is 3.24 Å². The molecule has 2 spiro atoms. The van der Waals surface area contributed by atoms with Crippen LogP contribution in [0.1, 0.15) is 128 Å². The largest absolute Gasteiger partial charge is 0.310 e. The molecule has 16 aromatic rings. The van der Waals surface area contributed by atoms with Crippen molar-refractivity contribution >= 4 is 33.0 Å². The summed E-state index contributed by atoms with van der Waals surface area (Å²) in [6, 6.07) is 140. The van der Waals surface area contributed by atoms with E-state index in [2.05, 4.69) is 425 Å². The van der Waals surface area contributed by atoms with Crippen LogP contribution in [0, 0.1) is 0 Å². The second kappa shape index (κ2) is 27.1. The number of halogens is 1. The maximum atomic E-state index is 3.76. The zero-order valence-corrected chi connectivity index (χ0v) is 64.7. The first-order valence-electron chi connectivity index (χ1n) is 39.5. The first kappa shape index (κ1) is 68.1. The van der Waals surface area contributed by atoms with Crippen molar-refractivity contribution in [2.45, 2.75) is 81.5 Å². The zero-order valence-electron chi connectivity index (χ0n) is 63.2. The van der Waals surface area contributed by atoms with Crippen molar-refractivity contribution in [2.24, 2.45) is 0 Å². The molecule has 0 unspecified atom stereocenters. The van der Waals surface area contributed by atoms with E-state index in [0.29, 0.717) is 0 Å². The van der Waals surface area contributed by atoms with Crippen LogP contribution >= 0.6 is 15.9 Å². The molecule has 0 amide bonds. The van der Waals surface area contributed by atoms with Crippen molar-refractivity contribution in [1.82, 2.24) is 0 Å². The van der Waals surface area contributed by atoms with E-state index in [1.807, 2.05) is 0 Å². The number of benzene rings is 16.